The third kappa shape index (κ3) is 5.19. The van der Waals surface area contributed by atoms with Gasteiger partial charge >= 0.3 is 11.9 Å². The molecule has 2 heterocycles. The fraction of sp³-hybridized carbons (Fsp3) is 0.310. The number of rotatable bonds is 5. The first-order chi connectivity index (χ1) is 17.9. The van der Waals surface area contributed by atoms with Crippen LogP contribution in [0.5, 0.6) is 11.5 Å². The summed E-state index contributed by atoms with van der Waals surface area (Å²) in [7, 11) is 2.79. The van der Waals surface area contributed by atoms with Crippen LogP contribution in [0.1, 0.15) is 57.4 Å². The zero-order chi connectivity index (χ0) is 27.8. The highest BCUT2D eigenvalue weighted by Gasteiger charge is 2.33. The number of benzene rings is 2. The molecule has 1 aromatic heterocycles. The van der Waals surface area contributed by atoms with E-state index in [0.29, 0.717) is 31.9 Å². The van der Waals surface area contributed by atoms with Crippen LogP contribution in [0.2, 0.25) is 0 Å². The Hall–Kier alpha value is -3.98. The lowest BCUT2D eigenvalue weighted by Gasteiger charge is -2.25. The summed E-state index contributed by atoms with van der Waals surface area (Å²) in [6.45, 7) is 9.44. The van der Waals surface area contributed by atoms with Gasteiger partial charge in [0.25, 0.3) is 5.56 Å². The Morgan fingerprint density at radius 1 is 1.05 bits per heavy atom. The van der Waals surface area contributed by atoms with Crippen molar-refractivity contribution in [2.75, 3.05) is 14.2 Å². The Labute approximate surface area is 224 Å². The molecule has 0 N–H and O–H groups in total. The summed E-state index contributed by atoms with van der Waals surface area (Å²) < 4.78 is 17.6. The van der Waals surface area contributed by atoms with Gasteiger partial charge in [-0.1, -0.05) is 62.4 Å². The van der Waals surface area contributed by atoms with Crippen LogP contribution in [0.3, 0.4) is 0 Å². The van der Waals surface area contributed by atoms with E-state index in [-0.39, 0.29) is 16.7 Å². The first-order valence-corrected chi connectivity index (χ1v) is 12.8. The fourth-order valence-electron chi connectivity index (χ4n) is 4.34. The molecule has 4 rings (SSSR count). The number of allylic oxidation sites excluding steroid dienone is 1. The predicted octanol–water partition coefficient (Wildman–Crippen LogP) is 3.64. The molecule has 1 atom stereocenters. The zero-order valence-electron chi connectivity index (χ0n) is 22.4. The van der Waals surface area contributed by atoms with E-state index in [1.165, 1.54) is 32.5 Å². The van der Waals surface area contributed by atoms with Gasteiger partial charge < -0.3 is 14.2 Å². The molecule has 3 aromatic rings. The molecule has 38 heavy (non-hydrogen) atoms. The lowest BCUT2D eigenvalue weighted by Crippen LogP contribution is -2.39. The molecule has 0 saturated heterocycles. The first kappa shape index (κ1) is 27.1. The van der Waals surface area contributed by atoms with Gasteiger partial charge in [0.1, 0.15) is 0 Å². The number of hydrogen-bond donors (Lipinski definition) is 0. The quantitative estimate of drug-likeness (QED) is 0.366. The van der Waals surface area contributed by atoms with Gasteiger partial charge in [0.05, 0.1) is 36.1 Å². The van der Waals surface area contributed by atoms with Crippen molar-refractivity contribution in [2.24, 2.45) is 4.99 Å². The zero-order valence-corrected chi connectivity index (χ0v) is 23.3. The summed E-state index contributed by atoms with van der Waals surface area (Å²) in [5, 5.41) is 0. The second-order valence-electron chi connectivity index (χ2n) is 9.95. The molecule has 2 aromatic carbocycles. The van der Waals surface area contributed by atoms with Gasteiger partial charge in [-0.2, -0.15) is 0 Å². The van der Waals surface area contributed by atoms with Gasteiger partial charge in [0.15, 0.2) is 16.3 Å². The van der Waals surface area contributed by atoms with E-state index in [2.05, 4.69) is 25.8 Å². The number of fused-ring (bicyclic) bond motifs is 1. The van der Waals surface area contributed by atoms with Crippen LogP contribution in [0.4, 0.5) is 0 Å². The summed E-state index contributed by atoms with van der Waals surface area (Å²) in [6, 6.07) is 12.3. The van der Waals surface area contributed by atoms with Crippen molar-refractivity contribution in [1.82, 2.24) is 4.57 Å². The maximum absolute atomic E-state index is 13.8. The third-order valence-corrected chi connectivity index (χ3v) is 7.24. The molecule has 0 spiro atoms. The summed E-state index contributed by atoms with van der Waals surface area (Å²) >= 11 is 1.23. The molecule has 0 bridgehead atoms. The Morgan fingerprint density at radius 2 is 1.74 bits per heavy atom. The van der Waals surface area contributed by atoms with Crippen molar-refractivity contribution in [2.45, 2.75) is 46.1 Å². The normalized spacial score (nSPS) is 15.6. The molecule has 0 saturated carbocycles. The van der Waals surface area contributed by atoms with Crippen molar-refractivity contribution in [3.8, 4) is 11.5 Å². The molecular formula is C29H30N2O6S. The molecule has 1 unspecified atom stereocenters. The molecule has 1 aliphatic heterocycles. The van der Waals surface area contributed by atoms with Crippen molar-refractivity contribution >= 4 is 29.4 Å². The highest BCUT2D eigenvalue weighted by atomic mass is 32.1. The van der Waals surface area contributed by atoms with Crippen LogP contribution < -0.4 is 24.4 Å². The smallest absolute Gasteiger partial charge is 0.338 e. The number of methoxy groups -OCH3 is 2. The van der Waals surface area contributed by atoms with Gasteiger partial charge in [-0.15, -0.1) is 0 Å². The standard InChI is InChI=1S/C29H30N2O6S/c1-16-24(27(34)36-7)25(19-9-11-20(12-10-19)29(3,4)5)31-26(33)23(38-28(31)30-16)15-18-8-13-21(37-17(2)32)22(14-18)35-6/h8-15,25H,1-7H3/b23-15-. The Kier molecular flexibility index (Phi) is 7.42. The number of esters is 2. The average molecular weight is 535 g/mol. The SMILES string of the molecule is COC(=O)C1=C(C)N=c2s/c(=C\c3ccc(OC(C)=O)c(OC)c3)c(=O)n2C1c1ccc(C(C)(C)C)cc1. The number of carbonyl (C=O) groups is 2. The Balaban J connectivity index is 1.89. The average Bonchev–Trinajstić information content (AvgIpc) is 3.17. The topological polar surface area (TPSA) is 96.2 Å². The van der Waals surface area contributed by atoms with E-state index in [4.69, 9.17) is 14.2 Å². The van der Waals surface area contributed by atoms with E-state index >= 15 is 0 Å². The maximum atomic E-state index is 13.8. The van der Waals surface area contributed by atoms with Crippen molar-refractivity contribution in [3.05, 3.63) is 90.1 Å². The van der Waals surface area contributed by atoms with E-state index in [1.807, 2.05) is 24.3 Å². The lowest BCUT2D eigenvalue weighted by molar-refractivity contribution is -0.136. The maximum Gasteiger partial charge on any atom is 0.338 e. The molecule has 0 aliphatic carbocycles. The van der Waals surface area contributed by atoms with Gasteiger partial charge in [0.2, 0.25) is 0 Å². The molecule has 198 valence electrons. The molecule has 0 radical (unpaired) electrons. The van der Waals surface area contributed by atoms with Gasteiger partial charge in [-0.3, -0.25) is 14.2 Å². The van der Waals surface area contributed by atoms with Crippen LogP contribution in [-0.4, -0.2) is 30.7 Å². The molecule has 9 heteroatoms. The van der Waals surface area contributed by atoms with Crippen LogP contribution in [0.15, 0.2) is 63.5 Å². The molecular weight excluding hydrogens is 504 g/mol. The highest BCUT2D eigenvalue weighted by molar-refractivity contribution is 7.07. The lowest BCUT2D eigenvalue weighted by atomic mass is 9.85. The number of ether oxygens (including phenoxy) is 3. The third-order valence-electron chi connectivity index (χ3n) is 6.26. The van der Waals surface area contributed by atoms with Crippen molar-refractivity contribution in [1.29, 1.82) is 0 Å². The summed E-state index contributed by atoms with van der Waals surface area (Å²) in [5.41, 5.74) is 3.10. The Morgan fingerprint density at radius 3 is 2.32 bits per heavy atom. The van der Waals surface area contributed by atoms with Gasteiger partial charge in [-0.05, 0) is 47.2 Å². The molecule has 0 amide bonds. The predicted molar refractivity (Wildman–Crippen MR) is 145 cm³/mol. The fourth-order valence-corrected chi connectivity index (χ4v) is 5.38. The summed E-state index contributed by atoms with van der Waals surface area (Å²) in [5.74, 6) is -0.342. The molecule has 0 fully saturated rings. The van der Waals surface area contributed by atoms with Crippen molar-refractivity contribution in [3.63, 3.8) is 0 Å². The van der Waals surface area contributed by atoms with Crippen LogP contribution in [-0.2, 0) is 19.7 Å². The highest BCUT2D eigenvalue weighted by Crippen LogP contribution is 2.32. The largest absolute Gasteiger partial charge is 0.493 e. The number of aromatic nitrogens is 1. The van der Waals surface area contributed by atoms with E-state index in [1.54, 1.807) is 35.8 Å². The first-order valence-electron chi connectivity index (χ1n) is 12.0. The summed E-state index contributed by atoms with van der Waals surface area (Å²) in [4.78, 5) is 43.1. The number of hydrogen-bond acceptors (Lipinski definition) is 8. The van der Waals surface area contributed by atoms with Crippen LogP contribution in [0.25, 0.3) is 6.08 Å². The van der Waals surface area contributed by atoms with Gasteiger partial charge in [-0.25, -0.2) is 9.79 Å². The summed E-state index contributed by atoms with van der Waals surface area (Å²) in [6.07, 6.45) is 1.72. The monoisotopic (exact) mass is 534 g/mol. The number of carbonyl (C=O) groups excluding carboxylic acids is 2. The molecule has 1 aliphatic rings. The van der Waals surface area contributed by atoms with E-state index in [9.17, 15) is 14.4 Å². The second-order valence-corrected chi connectivity index (χ2v) is 11.0. The van der Waals surface area contributed by atoms with Gasteiger partial charge in [0, 0.05) is 6.92 Å². The van der Waals surface area contributed by atoms with Crippen LogP contribution >= 0.6 is 11.3 Å². The minimum absolute atomic E-state index is 0.0457. The molecule has 8 nitrogen and oxygen atoms in total. The van der Waals surface area contributed by atoms with Crippen molar-refractivity contribution < 1.29 is 23.8 Å². The minimum Gasteiger partial charge on any atom is -0.493 e. The number of thiazole rings is 1. The van der Waals surface area contributed by atoms with E-state index in [0.717, 1.165) is 11.1 Å². The second kappa shape index (κ2) is 10.4. The Bertz CT molecular complexity index is 1620. The van der Waals surface area contributed by atoms with E-state index < -0.39 is 18.0 Å². The number of nitrogens with zero attached hydrogens (tertiary/aromatic N) is 2. The van der Waals surface area contributed by atoms with Crippen LogP contribution in [0, 0.1) is 0 Å². The minimum atomic E-state index is -0.684.